The molecule has 5 rings (SSSR count). The van der Waals surface area contributed by atoms with Crippen molar-refractivity contribution in [2.45, 2.75) is 178 Å². The number of ether oxygens (including phenoxy) is 6. The Morgan fingerprint density at radius 2 is 1.11 bits per heavy atom. The molecule has 0 aromatic carbocycles. The summed E-state index contributed by atoms with van der Waals surface area (Å²) in [6.45, 7) is 3.61. The number of rotatable bonds is 13. The zero-order valence-corrected chi connectivity index (χ0v) is 22.9. The molecule has 36 heavy (non-hydrogen) atoms. The van der Waals surface area contributed by atoms with Gasteiger partial charge in [0.1, 0.15) is 24.4 Å². The summed E-state index contributed by atoms with van der Waals surface area (Å²) < 4.78 is 39.2. The summed E-state index contributed by atoms with van der Waals surface area (Å²) in [5.74, 6) is -0.956. The highest BCUT2D eigenvalue weighted by molar-refractivity contribution is 5.03. The molecule has 208 valence electrons. The van der Waals surface area contributed by atoms with E-state index in [0.29, 0.717) is 6.61 Å². The van der Waals surface area contributed by atoms with Gasteiger partial charge >= 0.3 is 0 Å². The Kier molecular flexibility index (Phi) is 10.0. The minimum absolute atomic E-state index is 0.130. The maximum absolute atomic E-state index is 6.72. The van der Waals surface area contributed by atoms with Crippen LogP contribution in [0, 0.1) is 0 Å². The quantitative estimate of drug-likeness (QED) is 0.246. The first-order valence-corrected chi connectivity index (χ1v) is 15.7. The monoisotopic (exact) mass is 508 g/mol. The molecule has 0 radical (unpaired) electrons. The van der Waals surface area contributed by atoms with Gasteiger partial charge in [-0.25, -0.2) is 0 Å². The molecule has 3 saturated heterocycles. The minimum Gasteiger partial charge on any atom is -0.379 e. The Morgan fingerprint density at radius 1 is 0.583 bits per heavy atom. The average Bonchev–Trinajstić information content (AvgIpc) is 3.43. The van der Waals surface area contributed by atoms with Crippen molar-refractivity contribution in [1.82, 2.24) is 0 Å². The van der Waals surface area contributed by atoms with Crippen LogP contribution in [-0.4, -0.2) is 55.5 Å². The van der Waals surface area contributed by atoms with Crippen LogP contribution < -0.4 is 0 Å². The van der Waals surface area contributed by atoms with Crippen molar-refractivity contribution in [2.75, 3.05) is 13.2 Å². The standard InChI is InChI=1S/C30H52O6/c1-2-3-4-5-6-7-8-9-10-17-22-31-23-24-25-26(34-29(33-25)18-13-11-14-19-29)27-28(32-24)36-30(35-27)20-15-12-16-21-30/h24-28H,2-23H2,1H3/t24-,25+,26+,27-,28-/m1/s1. The first kappa shape index (κ1) is 27.3. The summed E-state index contributed by atoms with van der Waals surface area (Å²) in [5.41, 5.74) is 0. The molecular formula is C30H52O6. The van der Waals surface area contributed by atoms with Crippen molar-refractivity contribution in [1.29, 1.82) is 0 Å². The summed E-state index contributed by atoms with van der Waals surface area (Å²) in [6, 6.07) is 0. The van der Waals surface area contributed by atoms with Gasteiger partial charge in [0.25, 0.3) is 0 Å². The molecule has 0 unspecified atom stereocenters. The number of hydrogen-bond acceptors (Lipinski definition) is 6. The molecule has 2 spiro atoms. The van der Waals surface area contributed by atoms with Crippen LogP contribution in [0.4, 0.5) is 0 Å². The third kappa shape index (κ3) is 6.66. The Labute approximate surface area is 219 Å². The fourth-order valence-corrected chi connectivity index (χ4v) is 7.06. The summed E-state index contributed by atoms with van der Waals surface area (Å²) in [7, 11) is 0. The second-order valence-corrected chi connectivity index (χ2v) is 12.1. The van der Waals surface area contributed by atoms with Crippen LogP contribution >= 0.6 is 0 Å². The predicted molar refractivity (Wildman–Crippen MR) is 139 cm³/mol. The molecule has 0 amide bonds. The van der Waals surface area contributed by atoms with Gasteiger partial charge in [-0.05, 0) is 32.1 Å². The summed E-state index contributed by atoms with van der Waals surface area (Å²) in [5, 5.41) is 0. The van der Waals surface area contributed by atoms with Crippen LogP contribution in [0.1, 0.15) is 135 Å². The fourth-order valence-electron chi connectivity index (χ4n) is 7.06. The maximum Gasteiger partial charge on any atom is 0.190 e. The van der Waals surface area contributed by atoms with E-state index in [0.717, 1.165) is 64.4 Å². The third-order valence-electron chi connectivity index (χ3n) is 9.13. The van der Waals surface area contributed by atoms with Crippen LogP contribution in [0.15, 0.2) is 0 Å². The van der Waals surface area contributed by atoms with E-state index < -0.39 is 11.6 Å². The molecule has 0 N–H and O–H groups in total. The Balaban J connectivity index is 1.07. The van der Waals surface area contributed by atoms with Gasteiger partial charge in [-0.15, -0.1) is 0 Å². The minimum atomic E-state index is -0.491. The molecule has 3 aliphatic heterocycles. The van der Waals surface area contributed by atoms with Gasteiger partial charge in [-0.1, -0.05) is 77.6 Å². The van der Waals surface area contributed by atoms with Crippen LogP contribution in [-0.2, 0) is 28.4 Å². The van der Waals surface area contributed by atoms with Gasteiger partial charge in [0, 0.05) is 32.3 Å². The highest BCUT2D eigenvalue weighted by Crippen LogP contribution is 2.50. The largest absolute Gasteiger partial charge is 0.379 e. The Hall–Kier alpha value is -0.240. The van der Waals surface area contributed by atoms with Crippen LogP contribution in [0.2, 0.25) is 0 Å². The van der Waals surface area contributed by atoms with Gasteiger partial charge in [0.05, 0.1) is 6.61 Å². The van der Waals surface area contributed by atoms with Gasteiger partial charge in [-0.2, -0.15) is 0 Å². The van der Waals surface area contributed by atoms with E-state index in [9.17, 15) is 0 Å². The van der Waals surface area contributed by atoms with Gasteiger partial charge in [-0.3, -0.25) is 0 Å². The van der Waals surface area contributed by atoms with Crippen LogP contribution in [0.5, 0.6) is 0 Å². The highest BCUT2D eigenvalue weighted by Gasteiger charge is 2.63. The SMILES string of the molecule is CCCCCCCCCCCCOC[C@H]1O[C@@H]2OC3(CCCCC3)O[C@@H]2[C@H]2OC3(CCCCC3)O[C@H]21. The molecule has 2 aliphatic carbocycles. The topological polar surface area (TPSA) is 55.4 Å². The smallest absolute Gasteiger partial charge is 0.190 e. The third-order valence-corrected chi connectivity index (χ3v) is 9.13. The lowest BCUT2D eigenvalue weighted by atomic mass is 9.94. The van der Waals surface area contributed by atoms with Gasteiger partial charge in [0.2, 0.25) is 0 Å². The summed E-state index contributed by atoms with van der Waals surface area (Å²) in [6.07, 6.45) is 23.3. The highest BCUT2D eigenvalue weighted by atomic mass is 16.9. The lowest BCUT2D eigenvalue weighted by Gasteiger charge is -2.37. The second kappa shape index (κ2) is 13.2. The van der Waals surface area contributed by atoms with E-state index in [1.54, 1.807) is 0 Å². The fraction of sp³-hybridized carbons (Fsp3) is 1.00. The molecule has 5 atom stereocenters. The molecule has 2 saturated carbocycles. The van der Waals surface area contributed by atoms with Crippen molar-refractivity contribution < 1.29 is 28.4 Å². The zero-order valence-electron chi connectivity index (χ0n) is 22.9. The lowest BCUT2D eigenvalue weighted by Crippen LogP contribution is -2.56. The molecule has 5 fully saturated rings. The Bertz CT molecular complexity index is 643. The van der Waals surface area contributed by atoms with Crippen LogP contribution in [0.3, 0.4) is 0 Å². The van der Waals surface area contributed by atoms with E-state index in [1.165, 1.54) is 70.6 Å². The first-order valence-electron chi connectivity index (χ1n) is 15.7. The van der Waals surface area contributed by atoms with Crippen molar-refractivity contribution in [3.8, 4) is 0 Å². The van der Waals surface area contributed by atoms with E-state index in [1.807, 2.05) is 0 Å². The van der Waals surface area contributed by atoms with Crippen LogP contribution in [0.25, 0.3) is 0 Å². The molecule has 6 nitrogen and oxygen atoms in total. The zero-order chi connectivity index (χ0) is 24.7. The summed E-state index contributed by atoms with van der Waals surface area (Å²) in [4.78, 5) is 0. The van der Waals surface area contributed by atoms with Crippen molar-refractivity contribution >= 4 is 0 Å². The predicted octanol–water partition coefficient (Wildman–Crippen LogP) is 7.17. The van der Waals surface area contributed by atoms with E-state index in [-0.39, 0.29) is 30.7 Å². The average molecular weight is 509 g/mol. The van der Waals surface area contributed by atoms with E-state index in [4.69, 9.17) is 28.4 Å². The molecule has 0 aromatic rings. The lowest BCUT2D eigenvalue weighted by molar-refractivity contribution is -0.256. The normalized spacial score (nSPS) is 34.8. The number of hydrogen-bond donors (Lipinski definition) is 0. The summed E-state index contributed by atoms with van der Waals surface area (Å²) >= 11 is 0. The maximum atomic E-state index is 6.72. The second-order valence-electron chi connectivity index (χ2n) is 12.1. The van der Waals surface area contributed by atoms with Gasteiger partial charge in [0.15, 0.2) is 17.9 Å². The molecule has 3 heterocycles. The molecule has 0 bridgehead atoms. The molecule has 6 heteroatoms. The Morgan fingerprint density at radius 3 is 1.75 bits per heavy atom. The molecular weight excluding hydrogens is 456 g/mol. The number of fused-ring (bicyclic) bond motifs is 3. The van der Waals surface area contributed by atoms with E-state index in [2.05, 4.69) is 6.92 Å². The van der Waals surface area contributed by atoms with Crippen molar-refractivity contribution in [3.63, 3.8) is 0 Å². The first-order chi connectivity index (χ1) is 17.7. The number of unbranched alkanes of at least 4 members (excludes halogenated alkanes) is 9. The molecule has 5 aliphatic rings. The van der Waals surface area contributed by atoms with Gasteiger partial charge < -0.3 is 28.4 Å². The van der Waals surface area contributed by atoms with Crippen molar-refractivity contribution in [3.05, 3.63) is 0 Å². The van der Waals surface area contributed by atoms with Crippen molar-refractivity contribution in [2.24, 2.45) is 0 Å². The van der Waals surface area contributed by atoms with E-state index >= 15 is 0 Å². The molecule has 0 aromatic heterocycles.